The van der Waals surface area contributed by atoms with Crippen LogP contribution >= 0.6 is 0 Å². The number of hydrogen-bond acceptors (Lipinski definition) is 10. The van der Waals surface area contributed by atoms with E-state index in [0.717, 1.165) is 16.9 Å². The number of amides is 1. The highest BCUT2D eigenvalue weighted by Gasteiger charge is 2.27. The summed E-state index contributed by atoms with van der Waals surface area (Å²) in [6.45, 7) is 9.75. The van der Waals surface area contributed by atoms with Crippen LogP contribution in [0.3, 0.4) is 0 Å². The number of anilines is 2. The Morgan fingerprint density at radius 2 is 1.72 bits per heavy atom. The summed E-state index contributed by atoms with van der Waals surface area (Å²) in [6.07, 6.45) is 2.21. The topological polar surface area (TPSA) is 141 Å². The van der Waals surface area contributed by atoms with Gasteiger partial charge in [-0.2, -0.15) is 9.97 Å². The van der Waals surface area contributed by atoms with Crippen LogP contribution in [-0.4, -0.2) is 68.2 Å². The largest absolute Gasteiger partial charge is 0.454 e. The molecule has 0 atom stereocenters. The first-order valence-corrected chi connectivity index (χ1v) is 14.2. The Kier molecular flexibility index (Phi) is 7.46. The maximum Gasteiger partial charge on any atom is 0.269 e. The van der Waals surface area contributed by atoms with Gasteiger partial charge in [0.15, 0.2) is 28.5 Å². The number of non-ortho nitro benzene ring substituents is 1. The highest BCUT2D eigenvalue weighted by atomic mass is 16.7. The quantitative estimate of drug-likeness (QED) is 0.236. The summed E-state index contributed by atoms with van der Waals surface area (Å²) in [5.41, 5.74) is 3.11. The lowest BCUT2D eigenvalue weighted by atomic mass is 9.91. The number of nitro groups is 1. The van der Waals surface area contributed by atoms with Gasteiger partial charge in [0.25, 0.3) is 5.69 Å². The van der Waals surface area contributed by atoms with E-state index in [9.17, 15) is 14.9 Å². The van der Waals surface area contributed by atoms with E-state index in [1.165, 1.54) is 12.1 Å². The fourth-order valence-electron chi connectivity index (χ4n) is 5.19. The number of benzene rings is 2. The third-order valence-corrected chi connectivity index (χ3v) is 7.45. The zero-order valence-electron chi connectivity index (χ0n) is 24.4. The van der Waals surface area contributed by atoms with Crippen molar-refractivity contribution in [3.05, 3.63) is 70.0 Å². The SMILES string of the molecule is CC(C)(C)CC(=O)N1CCN(c2nc(NCc3ccc4c(c3)OCO4)c3ncn(Cc4ccc([N+](=O)[O-])cc4)c3n2)CC1. The number of fused-ring (bicyclic) bond motifs is 2. The van der Waals surface area contributed by atoms with Crippen LogP contribution in [0.25, 0.3) is 11.2 Å². The van der Waals surface area contributed by atoms with Gasteiger partial charge in [-0.15, -0.1) is 0 Å². The van der Waals surface area contributed by atoms with Gasteiger partial charge in [0.1, 0.15) is 0 Å². The normalized spacial score (nSPS) is 14.8. The number of carbonyl (C=O) groups excluding carboxylic acids is 1. The lowest BCUT2D eigenvalue weighted by Gasteiger charge is -2.36. The van der Waals surface area contributed by atoms with Crippen LogP contribution in [0.15, 0.2) is 48.8 Å². The van der Waals surface area contributed by atoms with Crippen molar-refractivity contribution in [2.24, 2.45) is 5.41 Å². The molecule has 0 bridgehead atoms. The maximum absolute atomic E-state index is 12.8. The van der Waals surface area contributed by atoms with Crippen LogP contribution in [0, 0.1) is 15.5 Å². The predicted octanol–water partition coefficient (Wildman–Crippen LogP) is 4.21. The van der Waals surface area contributed by atoms with Gasteiger partial charge in [0.05, 0.1) is 17.8 Å². The molecule has 1 fully saturated rings. The number of imidazole rings is 1. The van der Waals surface area contributed by atoms with Gasteiger partial charge in [-0.25, -0.2) is 4.98 Å². The molecule has 0 saturated carbocycles. The Bertz CT molecular complexity index is 1660. The van der Waals surface area contributed by atoms with Crippen LogP contribution in [0.4, 0.5) is 17.5 Å². The second-order valence-electron chi connectivity index (χ2n) is 12.0. The number of piperazine rings is 1. The minimum atomic E-state index is -0.412. The molecule has 2 aromatic heterocycles. The van der Waals surface area contributed by atoms with Crippen molar-refractivity contribution in [2.75, 3.05) is 43.2 Å². The summed E-state index contributed by atoms with van der Waals surface area (Å²) in [5.74, 6) is 2.73. The summed E-state index contributed by atoms with van der Waals surface area (Å²) >= 11 is 0. The van der Waals surface area contributed by atoms with E-state index in [-0.39, 0.29) is 23.8 Å². The third kappa shape index (κ3) is 6.30. The first-order valence-electron chi connectivity index (χ1n) is 14.2. The molecule has 0 unspecified atom stereocenters. The molecule has 13 nitrogen and oxygen atoms in total. The van der Waals surface area contributed by atoms with Crippen LogP contribution in [-0.2, 0) is 17.9 Å². The molecule has 4 heterocycles. The molecule has 1 amide bonds. The molecule has 6 rings (SSSR count). The number of aromatic nitrogens is 4. The summed E-state index contributed by atoms with van der Waals surface area (Å²) in [6, 6.07) is 12.3. The zero-order valence-corrected chi connectivity index (χ0v) is 24.4. The average molecular weight is 587 g/mol. The first-order chi connectivity index (χ1) is 20.6. The maximum atomic E-state index is 12.8. The van der Waals surface area contributed by atoms with Crippen molar-refractivity contribution in [3.8, 4) is 11.5 Å². The van der Waals surface area contributed by atoms with Gasteiger partial charge in [0, 0.05) is 51.3 Å². The first kappa shape index (κ1) is 28.2. The number of nitrogens with zero attached hydrogens (tertiary/aromatic N) is 7. The van der Waals surface area contributed by atoms with Gasteiger partial charge in [-0.3, -0.25) is 14.9 Å². The molecular weight excluding hydrogens is 552 g/mol. The fraction of sp³-hybridized carbons (Fsp3) is 0.400. The second-order valence-corrected chi connectivity index (χ2v) is 12.0. The molecular formula is C30H34N8O5. The number of nitrogens with one attached hydrogen (secondary N) is 1. The molecule has 1 N–H and O–H groups in total. The van der Waals surface area contributed by atoms with E-state index in [4.69, 9.17) is 19.4 Å². The molecule has 0 radical (unpaired) electrons. The number of ether oxygens (including phenoxy) is 2. The molecule has 2 aliphatic rings. The fourth-order valence-corrected chi connectivity index (χ4v) is 5.19. The van der Waals surface area contributed by atoms with Gasteiger partial charge in [0.2, 0.25) is 18.6 Å². The molecule has 43 heavy (non-hydrogen) atoms. The Labute approximate surface area is 248 Å². The van der Waals surface area contributed by atoms with Crippen LogP contribution in [0.2, 0.25) is 0 Å². The minimum Gasteiger partial charge on any atom is -0.454 e. The molecule has 0 aliphatic carbocycles. The summed E-state index contributed by atoms with van der Waals surface area (Å²) in [5, 5.41) is 14.5. The standard InChI is InChI=1S/C30H34N8O5/c1-30(2,3)15-25(39)35-10-12-36(13-11-35)29-33-27(31-16-21-6-9-23-24(14-21)43-19-42-23)26-28(34-29)37(18-32-26)17-20-4-7-22(8-5-20)38(40)41/h4-9,14,18H,10-13,15-17,19H2,1-3H3,(H,31,33,34). The Hall–Kier alpha value is -4.94. The van der Waals surface area contributed by atoms with Crippen molar-refractivity contribution >= 4 is 34.5 Å². The van der Waals surface area contributed by atoms with Gasteiger partial charge < -0.3 is 29.2 Å². The van der Waals surface area contributed by atoms with Crippen LogP contribution < -0.4 is 19.7 Å². The molecule has 4 aromatic rings. The number of carbonyl (C=O) groups is 1. The molecule has 1 saturated heterocycles. The van der Waals surface area contributed by atoms with Crippen LogP contribution in [0.5, 0.6) is 11.5 Å². The minimum absolute atomic E-state index is 0.0407. The second kappa shape index (κ2) is 11.4. The van der Waals surface area contributed by atoms with E-state index >= 15 is 0 Å². The van der Waals surface area contributed by atoms with Crippen molar-refractivity contribution in [3.63, 3.8) is 0 Å². The molecule has 0 spiro atoms. The van der Waals surface area contributed by atoms with E-state index in [2.05, 4.69) is 36.0 Å². The van der Waals surface area contributed by atoms with E-state index < -0.39 is 4.92 Å². The van der Waals surface area contributed by atoms with Gasteiger partial charge in [-0.05, 0) is 28.7 Å². The van der Waals surface area contributed by atoms with E-state index in [1.54, 1.807) is 18.5 Å². The van der Waals surface area contributed by atoms with Crippen molar-refractivity contribution in [2.45, 2.75) is 40.3 Å². The smallest absolute Gasteiger partial charge is 0.269 e. The summed E-state index contributed by atoms with van der Waals surface area (Å²) in [7, 11) is 0. The number of nitro benzene ring substituents is 1. The van der Waals surface area contributed by atoms with E-state index in [1.807, 2.05) is 27.7 Å². The number of hydrogen-bond donors (Lipinski definition) is 1. The lowest BCUT2D eigenvalue weighted by molar-refractivity contribution is -0.384. The summed E-state index contributed by atoms with van der Waals surface area (Å²) < 4.78 is 12.9. The lowest BCUT2D eigenvalue weighted by Crippen LogP contribution is -2.49. The highest BCUT2D eigenvalue weighted by Crippen LogP contribution is 2.33. The predicted molar refractivity (Wildman–Crippen MR) is 160 cm³/mol. The van der Waals surface area contributed by atoms with Crippen molar-refractivity contribution in [1.29, 1.82) is 0 Å². The molecule has 13 heteroatoms. The third-order valence-electron chi connectivity index (χ3n) is 7.45. The molecule has 2 aliphatic heterocycles. The monoisotopic (exact) mass is 586 g/mol. The van der Waals surface area contributed by atoms with Crippen molar-refractivity contribution in [1.82, 2.24) is 24.4 Å². The Morgan fingerprint density at radius 3 is 2.44 bits per heavy atom. The van der Waals surface area contributed by atoms with E-state index in [0.29, 0.717) is 74.4 Å². The number of rotatable bonds is 8. The Morgan fingerprint density at radius 1 is 1.00 bits per heavy atom. The zero-order chi connectivity index (χ0) is 30.1. The molecule has 224 valence electrons. The average Bonchev–Trinajstić information content (AvgIpc) is 3.62. The van der Waals surface area contributed by atoms with Gasteiger partial charge >= 0.3 is 0 Å². The Balaban J connectivity index is 1.27. The summed E-state index contributed by atoms with van der Waals surface area (Å²) in [4.78, 5) is 42.0. The van der Waals surface area contributed by atoms with Gasteiger partial charge in [-0.1, -0.05) is 39.0 Å². The van der Waals surface area contributed by atoms with Crippen molar-refractivity contribution < 1.29 is 19.2 Å². The van der Waals surface area contributed by atoms with Crippen LogP contribution in [0.1, 0.15) is 38.3 Å². The highest BCUT2D eigenvalue weighted by molar-refractivity contribution is 5.84. The molecule has 2 aromatic carbocycles.